The molecule has 0 bridgehead atoms. The monoisotopic (exact) mass is 537 g/mol. The maximum atomic E-state index is 13.7. The van der Waals surface area contributed by atoms with Gasteiger partial charge in [0.1, 0.15) is 0 Å². The van der Waals surface area contributed by atoms with Crippen molar-refractivity contribution in [3.05, 3.63) is 84.8 Å². The summed E-state index contributed by atoms with van der Waals surface area (Å²) in [4.78, 5) is 47.5. The fraction of sp³-hybridized carbons (Fsp3) is 0.296. The molecule has 3 aromatic rings. The summed E-state index contributed by atoms with van der Waals surface area (Å²) in [7, 11) is 1.27. The Balaban J connectivity index is 1.89. The van der Waals surface area contributed by atoms with Crippen molar-refractivity contribution in [2.75, 3.05) is 26.9 Å². The van der Waals surface area contributed by atoms with Crippen LogP contribution in [-0.2, 0) is 19.1 Å². The number of fused-ring (bicyclic) bond motifs is 1. The van der Waals surface area contributed by atoms with Crippen LogP contribution in [0.5, 0.6) is 11.5 Å². The Labute approximate surface area is 222 Å². The van der Waals surface area contributed by atoms with Gasteiger partial charge < -0.3 is 18.9 Å². The molecule has 0 N–H and O–H groups in total. The van der Waals surface area contributed by atoms with Crippen LogP contribution in [0.3, 0.4) is 0 Å². The van der Waals surface area contributed by atoms with Crippen molar-refractivity contribution in [1.29, 1.82) is 0 Å². The molecule has 0 saturated carbocycles. The van der Waals surface area contributed by atoms with Crippen LogP contribution in [0.4, 0.5) is 0 Å². The molecule has 2 aromatic heterocycles. The topological polar surface area (TPSA) is 118 Å². The van der Waals surface area contributed by atoms with Crippen molar-refractivity contribution >= 4 is 29.4 Å². The van der Waals surface area contributed by atoms with Gasteiger partial charge in [-0.15, -0.1) is 0 Å². The van der Waals surface area contributed by atoms with Gasteiger partial charge in [-0.25, -0.2) is 14.6 Å². The van der Waals surface area contributed by atoms with Gasteiger partial charge in [-0.05, 0) is 62.2 Å². The minimum absolute atomic E-state index is 0.166. The maximum absolute atomic E-state index is 13.7. The van der Waals surface area contributed by atoms with Crippen molar-refractivity contribution in [2.45, 2.75) is 26.8 Å². The Bertz CT molecular complexity index is 1560. The average Bonchev–Trinajstić information content (AvgIpc) is 3.21. The van der Waals surface area contributed by atoms with Gasteiger partial charge in [-0.3, -0.25) is 14.3 Å². The van der Waals surface area contributed by atoms with Gasteiger partial charge in [-0.1, -0.05) is 17.4 Å². The zero-order chi connectivity index (χ0) is 27.2. The Morgan fingerprint density at radius 2 is 1.84 bits per heavy atom. The number of allylic oxidation sites excluding steroid dienone is 1. The predicted molar refractivity (Wildman–Crippen MR) is 140 cm³/mol. The quantitative estimate of drug-likeness (QED) is 0.381. The molecular formula is C27H27N3O7S. The summed E-state index contributed by atoms with van der Waals surface area (Å²) in [5, 5.41) is 0. The maximum Gasteiger partial charge on any atom is 0.343 e. The Kier molecular flexibility index (Phi) is 8.37. The molecule has 0 fully saturated rings. The van der Waals surface area contributed by atoms with E-state index in [0.29, 0.717) is 38.7 Å². The van der Waals surface area contributed by atoms with E-state index in [-0.39, 0.29) is 24.3 Å². The van der Waals surface area contributed by atoms with Crippen LogP contribution in [-0.4, -0.2) is 48.4 Å². The van der Waals surface area contributed by atoms with Gasteiger partial charge in [0.05, 0.1) is 42.2 Å². The van der Waals surface area contributed by atoms with Gasteiger partial charge in [0, 0.05) is 12.4 Å². The molecule has 0 aliphatic carbocycles. The van der Waals surface area contributed by atoms with E-state index in [0.717, 1.165) is 5.56 Å². The minimum Gasteiger partial charge on any atom is -0.490 e. The van der Waals surface area contributed by atoms with Crippen LogP contribution in [0.25, 0.3) is 6.08 Å². The van der Waals surface area contributed by atoms with Crippen LogP contribution < -0.4 is 24.4 Å². The van der Waals surface area contributed by atoms with Crippen molar-refractivity contribution in [1.82, 2.24) is 9.55 Å². The van der Waals surface area contributed by atoms with E-state index in [4.69, 9.17) is 14.2 Å². The average molecular weight is 538 g/mol. The number of hydrogen-bond donors (Lipinski definition) is 0. The van der Waals surface area contributed by atoms with Crippen molar-refractivity contribution in [2.24, 2.45) is 4.99 Å². The third-order valence-electron chi connectivity index (χ3n) is 5.68. The molecule has 0 saturated heterocycles. The van der Waals surface area contributed by atoms with E-state index in [2.05, 4.69) is 14.7 Å². The molecule has 1 atom stereocenters. The fourth-order valence-corrected chi connectivity index (χ4v) is 5.04. The van der Waals surface area contributed by atoms with E-state index in [1.54, 1.807) is 62.6 Å². The van der Waals surface area contributed by atoms with E-state index in [9.17, 15) is 14.4 Å². The molecule has 11 heteroatoms. The molecule has 1 aliphatic rings. The molecular weight excluding hydrogens is 510 g/mol. The summed E-state index contributed by atoms with van der Waals surface area (Å²) in [6.45, 7) is 5.44. The molecule has 0 amide bonds. The van der Waals surface area contributed by atoms with Crippen molar-refractivity contribution in [3.63, 3.8) is 0 Å². The molecule has 10 nitrogen and oxygen atoms in total. The SMILES string of the molecule is CCOC(=O)C1=C(C)N=c2s/c(=C\c3ccncc3)c(=O)n2[C@H]1c1ccc(OCC(=O)OC)c(OCC)c1. The summed E-state index contributed by atoms with van der Waals surface area (Å²) < 4.78 is 23.3. The van der Waals surface area contributed by atoms with Gasteiger partial charge in [-0.2, -0.15) is 0 Å². The van der Waals surface area contributed by atoms with E-state index in [1.807, 2.05) is 6.92 Å². The lowest BCUT2D eigenvalue weighted by molar-refractivity contribution is -0.143. The predicted octanol–water partition coefficient (Wildman–Crippen LogP) is 2.14. The summed E-state index contributed by atoms with van der Waals surface area (Å²) in [6, 6.07) is 7.82. The normalized spacial score (nSPS) is 14.9. The molecule has 4 rings (SSSR count). The number of pyridine rings is 1. The lowest BCUT2D eigenvalue weighted by atomic mass is 9.95. The number of aromatic nitrogens is 2. The number of ether oxygens (including phenoxy) is 4. The number of carbonyl (C=O) groups excluding carboxylic acids is 2. The Morgan fingerprint density at radius 3 is 2.53 bits per heavy atom. The first-order valence-electron chi connectivity index (χ1n) is 11.9. The minimum atomic E-state index is -0.821. The number of thiazole rings is 1. The number of esters is 2. The highest BCUT2D eigenvalue weighted by Gasteiger charge is 2.34. The van der Waals surface area contributed by atoms with Crippen LogP contribution in [0.15, 0.2) is 63.8 Å². The molecule has 198 valence electrons. The third-order valence-corrected chi connectivity index (χ3v) is 6.66. The molecule has 3 heterocycles. The highest BCUT2D eigenvalue weighted by Crippen LogP contribution is 2.36. The molecule has 0 radical (unpaired) electrons. The summed E-state index contributed by atoms with van der Waals surface area (Å²) in [5.41, 5.74) is 1.81. The first-order valence-corrected chi connectivity index (χ1v) is 12.8. The molecule has 1 aliphatic heterocycles. The summed E-state index contributed by atoms with van der Waals surface area (Å²) >= 11 is 1.23. The second kappa shape index (κ2) is 11.9. The number of hydrogen-bond acceptors (Lipinski definition) is 10. The molecule has 0 spiro atoms. The van der Waals surface area contributed by atoms with Crippen LogP contribution in [0, 0.1) is 0 Å². The molecule has 38 heavy (non-hydrogen) atoms. The lowest BCUT2D eigenvalue weighted by Crippen LogP contribution is -2.40. The highest BCUT2D eigenvalue weighted by molar-refractivity contribution is 7.07. The zero-order valence-corrected chi connectivity index (χ0v) is 22.2. The largest absolute Gasteiger partial charge is 0.490 e. The number of rotatable bonds is 9. The van der Waals surface area contributed by atoms with E-state index >= 15 is 0 Å². The van der Waals surface area contributed by atoms with Gasteiger partial charge in [0.15, 0.2) is 22.9 Å². The van der Waals surface area contributed by atoms with Gasteiger partial charge in [0.2, 0.25) is 0 Å². The Morgan fingerprint density at radius 1 is 1.08 bits per heavy atom. The van der Waals surface area contributed by atoms with Crippen LogP contribution >= 0.6 is 11.3 Å². The van der Waals surface area contributed by atoms with Gasteiger partial charge in [0.25, 0.3) is 5.56 Å². The van der Waals surface area contributed by atoms with Gasteiger partial charge >= 0.3 is 11.9 Å². The second-order valence-corrected chi connectivity index (χ2v) is 9.10. The number of carbonyl (C=O) groups is 2. The molecule has 0 unspecified atom stereocenters. The standard InChI is InChI=1S/C27H27N3O7S/c1-5-35-20-14-18(7-8-19(20)37-15-22(31)34-4)24-23(26(33)36-6-2)16(3)29-27-30(24)25(32)21(38-27)13-17-9-11-28-12-10-17/h7-14,24H,5-6,15H2,1-4H3/b21-13-/t24-/m0/s1. The summed E-state index contributed by atoms with van der Waals surface area (Å²) in [5.74, 6) is -0.428. The smallest absolute Gasteiger partial charge is 0.343 e. The van der Waals surface area contributed by atoms with Crippen molar-refractivity contribution in [3.8, 4) is 11.5 Å². The number of benzene rings is 1. The third kappa shape index (κ3) is 5.52. The fourth-order valence-electron chi connectivity index (χ4n) is 4.00. The number of nitrogens with zero attached hydrogens (tertiary/aromatic N) is 3. The van der Waals surface area contributed by atoms with E-state index < -0.39 is 18.0 Å². The lowest BCUT2D eigenvalue weighted by Gasteiger charge is -2.25. The zero-order valence-electron chi connectivity index (χ0n) is 21.4. The Hall–Kier alpha value is -4.25. The first kappa shape index (κ1) is 26.8. The van der Waals surface area contributed by atoms with Crippen LogP contribution in [0.1, 0.15) is 37.9 Å². The highest BCUT2D eigenvalue weighted by atomic mass is 32.1. The summed E-state index contributed by atoms with van der Waals surface area (Å²) in [6.07, 6.45) is 5.06. The van der Waals surface area contributed by atoms with Crippen molar-refractivity contribution < 1.29 is 28.5 Å². The van der Waals surface area contributed by atoms with Crippen LogP contribution in [0.2, 0.25) is 0 Å². The first-order chi connectivity index (χ1) is 18.4. The van der Waals surface area contributed by atoms with E-state index in [1.165, 1.54) is 23.0 Å². The molecule has 1 aromatic carbocycles. The number of methoxy groups -OCH3 is 1. The second-order valence-electron chi connectivity index (χ2n) is 8.09.